The molecule has 37 heavy (non-hydrogen) atoms. The van der Waals surface area contributed by atoms with Crippen molar-refractivity contribution < 1.29 is 9.90 Å². The third-order valence-electron chi connectivity index (χ3n) is 8.85. The van der Waals surface area contributed by atoms with Gasteiger partial charge in [-0.2, -0.15) is 5.26 Å². The number of aromatic amines is 1. The molecule has 2 aromatic heterocycles. The minimum Gasteiger partial charge on any atom is -0.507 e. The first-order chi connectivity index (χ1) is 18.0. The van der Waals surface area contributed by atoms with Crippen LogP contribution in [0.5, 0.6) is 5.75 Å². The van der Waals surface area contributed by atoms with Crippen LogP contribution in [0.1, 0.15) is 56.4 Å². The zero-order valence-electron chi connectivity index (χ0n) is 21.3. The minimum atomic E-state index is -0.212. The van der Waals surface area contributed by atoms with Gasteiger partial charge in [0, 0.05) is 30.2 Å². The quantitative estimate of drug-likeness (QED) is 0.497. The number of amides is 1. The van der Waals surface area contributed by atoms with E-state index in [1.165, 1.54) is 12.8 Å². The van der Waals surface area contributed by atoms with Crippen molar-refractivity contribution in [2.24, 2.45) is 11.3 Å². The van der Waals surface area contributed by atoms with Gasteiger partial charge < -0.3 is 15.0 Å². The summed E-state index contributed by atoms with van der Waals surface area (Å²) in [7, 11) is 0. The third-order valence-corrected chi connectivity index (χ3v) is 8.85. The van der Waals surface area contributed by atoms with Gasteiger partial charge in [0.1, 0.15) is 5.75 Å². The zero-order valence-corrected chi connectivity index (χ0v) is 21.3. The van der Waals surface area contributed by atoms with Crippen LogP contribution in [-0.2, 0) is 4.79 Å². The molecule has 3 aromatic rings. The Morgan fingerprint density at radius 1 is 1.14 bits per heavy atom. The van der Waals surface area contributed by atoms with Crippen molar-refractivity contribution in [2.75, 3.05) is 32.7 Å². The lowest BCUT2D eigenvalue weighted by Gasteiger charge is -2.39. The molecule has 6 rings (SSSR count). The molecule has 0 spiro atoms. The molecule has 1 saturated carbocycles. The molecule has 2 saturated heterocycles. The van der Waals surface area contributed by atoms with E-state index >= 15 is 0 Å². The van der Waals surface area contributed by atoms with E-state index in [1.54, 1.807) is 12.4 Å². The summed E-state index contributed by atoms with van der Waals surface area (Å²) in [4.78, 5) is 24.8. The number of nitrogens with zero attached hydrogens (tertiary/aromatic N) is 4. The van der Waals surface area contributed by atoms with E-state index in [4.69, 9.17) is 0 Å². The van der Waals surface area contributed by atoms with E-state index in [0.717, 1.165) is 78.8 Å². The van der Waals surface area contributed by atoms with E-state index in [0.29, 0.717) is 25.4 Å². The van der Waals surface area contributed by atoms with Crippen molar-refractivity contribution in [3.05, 3.63) is 48.3 Å². The number of benzene rings is 1. The number of nitrogens with one attached hydrogen (secondary N) is 1. The Hall–Kier alpha value is -3.37. The van der Waals surface area contributed by atoms with Crippen molar-refractivity contribution in [2.45, 2.75) is 50.9 Å². The summed E-state index contributed by atoms with van der Waals surface area (Å²) in [6, 6.07) is 12.6. The smallest absolute Gasteiger partial charge is 0.236 e. The molecule has 1 aliphatic carbocycles. The predicted molar refractivity (Wildman–Crippen MR) is 143 cm³/mol. The van der Waals surface area contributed by atoms with Gasteiger partial charge >= 0.3 is 0 Å². The van der Waals surface area contributed by atoms with Crippen molar-refractivity contribution in [3.63, 3.8) is 0 Å². The summed E-state index contributed by atoms with van der Waals surface area (Å²) in [6.07, 6.45) is 10.6. The highest BCUT2D eigenvalue weighted by Crippen LogP contribution is 2.45. The molecule has 0 atom stereocenters. The molecule has 1 amide bonds. The number of pyridine rings is 1. The summed E-state index contributed by atoms with van der Waals surface area (Å²) >= 11 is 0. The Kier molecular flexibility index (Phi) is 6.37. The lowest BCUT2D eigenvalue weighted by molar-refractivity contribution is -0.134. The minimum absolute atomic E-state index is 0.189. The highest BCUT2D eigenvalue weighted by Gasteiger charge is 2.40. The number of fused-ring (bicyclic) bond motifs is 1. The maximum absolute atomic E-state index is 13.0. The zero-order chi connectivity index (χ0) is 25.4. The molecular formula is C30H35N5O2. The number of aromatic nitrogens is 2. The Morgan fingerprint density at radius 2 is 1.92 bits per heavy atom. The van der Waals surface area contributed by atoms with Crippen molar-refractivity contribution >= 4 is 16.8 Å². The molecule has 0 bridgehead atoms. The van der Waals surface area contributed by atoms with E-state index in [1.807, 2.05) is 29.2 Å². The van der Waals surface area contributed by atoms with Gasteiger partial charge in [0.2, 0.25) is 5.91 Å². The Bertz CT molecular complexity index is 1290. The number of carbonyl (C=O) groups is 1. The van der Waals surface area contributed by atoms with Crippen LogP contribution in [0.2, 0.25) is 0 Å². The standard InChI is InChI=1S/C30H35N5O2/c31-20-30(17-21-4-5-21)9-14-35(15-10-30)28(36)19-34-12-7-22(8-13-34)24-2-1-3-25(29(24)37)26-16-23-6-11-32-18-27(23)33-26/h1-3,6,11,16,18,21-22,33,37H,4-5,7-10,12-15,17,19H2. The first kappa shape index (κ1) is 24.0. The number of hydrogen-bond donors (Lipinski definition) is 2. The Morgan fingerprint density at radius 3 is 2.62 bits per heavy atom. The van der Waals surface area contributed by atoms with Gasteiger partial charge in [-0.1, -0.05) is 25.0 Å². The Labute approximate surface area is 218 Å². The van der Waals surface area contributed by atoms with Gasteiger partial charge in [0.05, 0.1) is 35.4 Å². The Balaban J connectivity index is 1.05. The molecule has 192 valence electrons. The average molecular weight is 498 g/mol. The van der Waals surface area contributed by atoms with E-state index < -0.39 is 0 Å². The number of aromatic hydroxyl groups is 1. The van der Waals surface area contributed by atoms with Crippen LogP contribution in [0.3, 0.4) is 0 Å². The molecule has 3 fully saturated rings. The molecule has 0 unspecified atom stereocenters. The number of para-hydroxylation sites is 1. The van der Waals surface area contributed by atoms with Crippen LogP contribution < -0.4 is 0 Å². The second kappa shape index (κ2) is 9.83. The monoisotopic (exact) mass is 497 g/mol. The van der Waals surface area contributed by atoms with Gasteiger partial charge in [-0.25, -0.2) is 0 Å². The lowest BCUT2D eigenvalue weighted by atomic mass is 9.75. The highest BCUT2D eigenvalue weighted by atomic mass is 16.3. The first-order valence-corrected chi connectivity index (χ1v) is 13.7. The molecule has 2 N–H and O–H groups in total. The number of nitriles is 1. The molecule has 3 aliphatic rings. The van der Waals surface area contributed by atoms with Crippen LogP contribution in [0.15, 0.2) is 42.7 Å². The number of rotatable bonds is 6. The number of phenolic OH excluding ortho intramolecular Hbond substituents is 1. The highest BCUT2D eigenvalue weighted by molar-refractivity contribution is 5.86. The molecule has 2 aliphatic heterocycles. The number of H-pyrrole nitrogens is 1. The van der Waals surface area contributed by atoms with Gasteiger partial charge in [-0.15, -0.1) is 0 Å². The summed E-state index contributed by atoms with van der Waals surface area (Å²) in [6.45, 7) is 3.55. The number of piperidine rings is 2. The maximum Gasteiger partial charge on any atom is 0.236 e. The molecule has 7 nitrogen and oxygen atoms in total. The van der Waals surface area contributed by atoms with Crippen molar-refractivity contribution in [3.8, 4) is 23.1 Å². The van der Waals surface area contributed by atoms with Crippen LogP contribution in [0.4, 0.5) is 0 Å². The fourth-order valence-corrected chi connectivity index (χ4v) is 6.34. The second-order valence-corrected chi connectivity index (χ2v) is 11.4. The summed E-state index contributed by atoms with van der Waals surface area (Å²) in [5.41, 5.74) is 3.43. The largest absolute Gasteiger partial charge is 0.507 e. The van der Waals surface area contributed by atoms with Crippen molar-refractivity contribution in [1.29, 1.82) is 5.26 Å². The van der Waals surface area contributed by atoms with Crippen LogP contribution in [0, 0.1) is 22.7 Å². The fourth-order valence-electron chi connectivity index (χ4n) is 6.34. The maximum atomic E-state index is 13.0. The molecule has 4 heterocycles. The van der Waals surface area contributed by atoms with E-state index in [2.05, 4.69) is 27.0 Å². The molecule has 7 heteroatoms. The van der Waals surface area contributed by atoms with Gasteiger partial charge in [0.25, 0.3) is 0 Å². The van der Waals surface area contributed by atoms with Gasteiger partial charge in [-0.05, 0) is 80.8 Å². The topological polar surface area (TPSA) is 96.3 Å². The van der Waals surface area contributed by atoms with Crippen molar-refractivity contribution in [1.82, 2.24) is 19.8 Å². The van der Waals surface area contributed by atoms with Crippen LogP contribution in [-0.4, -0.2) is 63.5 Å². The van der Waals surface area contributed by atoms with Gasteiger partial charge in [0.15, 0.2) is 0 Å². The van der Waals surface area contributed by atoms with Gasteiger partial charge in [-0.3, -0.25) is 14.7 Å². The van der Waals surface area contributed by atoms with E-state index in [-0.39, 0.29) is 17.2 Å². The van der Waals surface area contributed by atoms with Crippen LogP contribution >= 0.6 is 0 Å². The summed E-state index contributed by atoms with van der Waals surface area (Å²) in [5.74, 6) is 1.54. The summed E-state index contributed by atoms with van der Waals surface area (Å²) in [5, 5.41) is 22.0. The lowest BCUT2D eigenvalue weighted by Crippen LogP contribution is -2.48. The molecule has 0 radical (unpaired) electrons. The average Bonchev–Trinajstić information content (AvgIpc) is 3.63. The predicted octanol–water partition coefficient (Wildman–Crippen LogP) is 5.05. The van der Waals surface area contributed by atoms with Crippen LogP contribution in [0.25, 0.3) is 22.2 Å². The summed E-state index contributed by atoms with van der Waals surface area (Å²) < 4.78 is 0. The first-order valence-electron chi connectivity index (χ1n) is 13.7. The number of carbonyl (C=O) groups excluding carboxylic acids is 1. The number of hydrogen-bond acceptors (Lipinski definition) is 5. The number of likely N-dealkylation sites (tertiary alicyclic amines) is 2. The SMILES string of the molecule is N#CC1(CC2CC2)CCN(C(=O)CN2CCC(c3cccc(-c4cc5ccncc5[nH]4)c3O)CC2)CC1. The molecule has 1 aromatic carbocycles. The number of phenols is 1. The normalized spacial score (nSPS) is 20.7. The second-order valence-electron chi connectivity index (χ2n) is 11.4. The third kappa shape index (κ3) is 4.95. The van der Waals surface area contributed by atoms with E-state index in [9.17, 15) is 15.2 Å². The fraction of sp³-hybridized carbons (Fsp3) is 0.500. The molecular weight excluding hydrogens is 462 g/mol.